The maximum atomic E-state index is 13.5. The van der Waals surface area contributed by atoms with Crippen LogP contribution in [0.2, 0.25) is 0 Å². The Kier molecular flexibility index (Phi) is 5.09. The summed E-state index contributed by atoms with van der Waals surface area (Å²) in [5.74, 6) is 0.360. The van der Waals surface area contributed by atoms with Crippen molar-refractivity contribution in [2.75, 3.05) is 7.11 Å². The first-order valence-corrected chi connectivity index (χ1v) is 10.8. The average molecular weight is 437 g/mol. The van der Waals surface area contributed by atoms with Gasteiger partial charge in [-0.2, -0.15) is 0 Å². The van der Waals surface area contributed by atoms with E-state index in [9.17, 15) is 9.59 Å². The van der Waals surface area contributed by atoms with Gasteiger partial charge in [0.2, 0.25) is 0 Å². The predicted octanol–water partition coefficient (Wildman–Crippen LogP) is 4.94. The average Bonchev–Trinajstić information content (AvgIpc) is 3.11. The van der Waals surface area contributed by atoms with Crippen LogP contribution in [0, 0.1) is 6.92 Å². The Balaban J connectivity index is 1.66. The molecule has 4 aromatic carbocycles. The van der Waals surface area contributed by atoms with Gasteiger partial charge in [0.1, 0.15) is 11.5 Å². The number of esters is 1. The molecule has 0 spiro atoms. The third-order valence-electron chi connectivity index (χ3n) is 6.14. The van der Waals surface area contributed by atoms with E-state index >= 15 is 0 Å². The van der Waals surface area contributed by atoms with Crippen molar-refractivity contribution in [1.29, 1.82) is 0 Å². The molecule has 1 aliphatic rings. The van der Waals surface area contributed by atoms with Crippen LogP contribution in [0.3, 0.4) is 0 Å². The molecule has 0 fully saturated rings. The van der Waals surface area contributed by atoms with E-state index in [-0.39, 0.29) is 12.3 Å². The van der Waals surface area contributed by atoms with Crippen molar-refractivity contribution in [3.05, 3.63) is 107 Å². The molecule has 0 saturated carbocycles. The summed E-state index contributed by atoms with van der Waals surface area (Å²) in [5, 5.41) is 4.90. The molecular formula is C28H23NO4. The first-order chi connectivity index (χ1) is 16.0. The van der Waals surface area contributed by atoms with Crippen molar-refractivity contribution in [1.82, 2.24) is 5.32 Å². The number of fused-ring (bicyclic) bond motifs is 3. The van der Waals surface area contributed by atoms with E-state index in [1.165, 1.54) is 0 Å². The van der Waals surface area contributed by atoms with Crippen LogP contribution in [0.25, 0.3) is 10.8 Å². The lowest BCUT2D eigenvalue weighted by atomic mass is 9.82. The number of amides is 1. The van der Waals surface area contributed by atoms with Crippen molar-refractivity contribution < 1.29 is 19.1 Å². The van der Waals surface area contributed by atoms with Crippen LogP contribution >= 0.6 is 0 Å². The Labute approximate surface area is 192 Å². The second kappa shape index (κ2) is 8.10. The Morgan fingerprint density at radius 2 is 1.67 bits per heavy atom. The van der Waals surface area contributed by atoms with Crippen LogP contribution in [0.5, 0.6) is 11.5 Å². The minimum Gasteiger partial charge on any atom is -0.497 e. The number of rotatable bonds is 5. The van der Waals surface area contributed by atoms with Crippen molar-refractivity contribution in [3.8, 4) is 11.5 Å². The molecule has 5 heteroatoms. The monoisotopic (exact) mass is 437 g/mol. The van der Waals surface area contributed by atoms with Gasteiger partial charge in [0.25, 0.3) is 5.91 Å². The molecule has 0 aromatic heterocycles. The van der Waals surface area contributed by atoms with Crippen LogP contribution in [0.4, 0.5) is 0 Å². The highest BCUT2D eigenvalue weighted by molar-refractivity contribution is 6.05. The molecule has 0 bridgehead atoms. The van der Waals surface area contributed by atoms with Gasteiger partial charge in [0.15, 0.2) is 5.54 Å². The largest absolute Gasteiger partial charge is 0.497 e. The number of aryl methyl sites for hydroxylation is 1. The van der Waals surface area contributed by atoms with Gasteiger partial charge in [-0.1, -0.05) is 60.2 Å². The first kappa shape index (κ1) is 20.8. The van der Waals surface area contributed by atoms with Gasteiger partial charge in [-0.25, -0.2) is 4.79 Å². The number of methoxy groups -OCH3 is 1. The zero-order chi connectivity index (χ0) is 23.0. The van der Waals surface area contributed by atoms with Gasteiger partial charge >= 0.3 is 5.97 Å². The Morgan fingerprint density at radius 1 is 0.939 bits per heavy atom. The van der Waals surface area contributed by atoms with E-state index in [0.29, 0.717) is 16.9 Å². The van der Waals surface area contributed by atoms with Crippen molar-refractivity contribution in [2.24, 2.45) is 0 Å². The van der Waals surface area contributed by atoms with Gasteiger partial charge in [-0.05, 0) is 53.6 Å². The maximum Gasteiger partial charge on any atom is 0.342 e. The molecule has 1 atom stereocenters. The summed E-state index contributed by atoms with van der Waals surface area (Å²) in [7, 11) is 1.61. The van der Waals surface area contributed by atoms with Crippen molar-refractivity contribution in [2.45, 2.75) is 18.9 Å². The SMILES string of the molecule is COc1ccc(CC2(NC(=O)c3ccc(C)cc3)C(=O)Oc3ccc4ccccc4c32)cc1. The summed E-state index contributed by atoms with van der Waals surface area (Å²) in [5.41, 5.74) is 1.72. The molecule has 1 aliphatic heterocycles. The number of benzene rings is 4. The number of hydrogen-bond donors (Lipinski definition) is 1. The van der Waals surface area contributed by atoms with E-state index in [1.54, 1.807) is 25.3 Å². The summed E-state index contributed by atoms with van der Waals surface area (Å²) in [4.78, 5) is 26.8. The van der Waals surface area contributed by atoms with Crippen LogP contribution in [-0.4, -0.2) is 19.0 Å². The van der Waals surface area contributed by atoms with E-state index in [4.69, 9.17) is 9.47 Å². The molecule has 1 N–H and O–H groups in total. The molecule has 0 saturated heterocycles. The molecule has 0 radical (unpaired) electrons. The van der Waals surface area contributed by atoms with Gasteiger partial charge in [0, 0.05) is 17.5 Å². The molecule has 33 heavy (non-hydrogen) atoms. The highest BCUT2D eigenvalue weighted by Crippen LogP contribution is 2.45. The highest BCUT2D eigenvalue weighted by atomic mass is 16.5. The fourth-order valence-electron chi connectivity index (χ4n) is 4.40. The Hall–Kier alpha value is -4.12. The summed E-state index contributed by atoms with van der Waals surface area (Å²) in [6, 6.07) is 26.3. The fourth-order valence-corrected chi connectivity index (χ4v) is 4.40. The molecule has 1 heterocycles. The second-order valence-corrected chi connectivity index (χ2v) is 8.30. The van der Waals surface area contributed by atoms with Crippen molar-refractivity contribution in [3.63, 3.8) is 0 Å². The number of nitrogens with one attached hydrogen (secondary N) is 1. The topological polar surface area (TPSA) is 64.6 Å². The lowest BCUT2D eigenvalue weighted by Crippen LogP contribution is -2.52. The van der Waals surface area contributed by atoms with E-state index in [0.717, 1.165) is 27.6 Å². The summed E-state index contributed by atoms with van der Waals surface area (Å²) < 4.78 is 11.0. The molecule has 164 valence electrons. The standard InChI is InChI=1S/C28H23NO4/c1-18-7-11-21(12-8-18)26(30)29-28(17-19-9-14-22(32-2)15-10-19)25-23-6-4-3-5-20(23)13-16-24(25)33-27(28)31/h3-16H,17H2,1-2H3,(H,29,30). The van der Waals surface area contributed by atoms with Crippen LogP contribution < -0.4 is 14.8 Å². The van der Waals surface area contributed by atoms with Gasteiger partial charge < -0.3 is 14.8 Å². The number of ether oxygens (including phenoxy) is 2. The maximum absolute atomic E-state index is 13.5. The third kappa shape index (κ3) is 3.61. The third-order valence-corrected chi connectivity index (χ3v) is 6.14. The number of hydrogen-bond acceptors (Lipinski definition) is 4. The van der Waals surface area contributed by atoms with Crippen LogP contribution in [-0.2, 0) is 16.8 Å². The first-order valence-electron chi connectivity index (χ1n) is 10.8. The van der Waals surface area contributed by atoms with Crippen molar-refractivity contribution >= 4 is 22.6 Å². The van der Waals surface area contributed by atoms with E-state index in [2.05, 4.69) is 5.32 Å². The molecule has 4 aromatic rings. The molecule has 1 amide bonds. The predicted molar refractivity (Wildman–Crippen MR) is 127 cm³/mol. The number of carbonyl (C=O) groups is 2. The molecule has 5 nitrogen and oxygen atoms in total. The molecule has 1 unspecified atom stereocenters. The van der Waals surface area contributed by atoms with Gasteiger partial charge in [0.05, 0.1) is 7.11 Å². The zero-order valence-corrected chi connectivity index (χ0v) is 18.4. The number of carbonyl (C=O) groups excluding carboxylic acids is 2. The summed E-state index contributed by atoms with van der Waals surface area (Å²) >= 11 is 0. The Morgan fingerprint density at radius 3 is 2.39 bits per heavy atom. The lowest BCUT2D eigenvalue weighted by molar-refractivity contribution is -0.139. The van der Waals surface area contributed by atoms with Crippen LogP contribution in [0.15, 0.2) is 84.9 Å². The quantitative estimate of drug-likeness (QED) is 0.355. The summed E-state index contributed by atoms with van der Waals surface area (Å²) in [6.07, 6.45) is 0.244. The Bertz CT molecular complexity index is 1360. The smallest absolute Gasteiger partial charge is 0.342 e. The lowest BCUT2D eigenvalue weighted by Gasteiger charge is -2.28. The highest BCUT2D eigenvalue weighted by Gasteiger charge is 2.51. The zero-order valence-electron chi connectivity index (χ0n) is 18.4. The van der Waals surface area contributed by atoms with E-state index < -0.39 is 11.5 Å². The normalized spacial score (nSPS) is 16.8. The van der Waals surface area contributed by atoms with Gasteiger partial charge in [-0.3, -0.25) is 4.79 Å². The minimum absolute atomic E-state index is 0.244. The van der Waals surface area contributed by atoms with Gasteiger partial charge in [-0.15, -0.1) is 0 Å². The molecular weight excluding hydrogens is 414 g/mol. The summed E-state index contributed by atoms with van der Waals surface area (Å²) in [6.45, 7) is 1.96. The van der Waals surface area contributed by atoms with Crippen LogP contribution in [0.1, 0.15) is 27.0 Å². The minimum atomic E-state index is -1.37. The second-order valence-electron chi connectivity index (χ2n) is 8.30. The molecule has 0 aliphatic carbocycles. The van der Waals surface area contributed by atoms with E-state index in [1.807, 2.05) is 73.7 Å². The molecule has 5 rings (SSSR count). The fraction of sp³-hybridized carbons (Fsp3) is 0.143.